The summed E-state index contributed by atoms with van der Waals surface area (Å²) in [6, 6.07) is 0. The van der Waals surface area contributed by atoms with Crippen LogP contribution in [0.5, 0.6) is 0 Å². The molecule has 5 amide bonds. The van der Waals surface area contributed by atoms with Crippen LogP contribution in [-0.4, -0.2) is 89.3 Å². The fourth-order valence-electron chi connectivity index (χ4n) is 3.80. The Balaban J connectivity index is 4.29. The first kappa shape index (κ1) is 37.7. The summed E-state index contributed by atoms with van der Waals surface area (Å²) in [5, 5.41) is 25.9. The molecule has 7 N–H and O–H groups in total. The number of nitrogens with zero attached hydrogens (tertiary/aromatic N) is 2. The van der Waals surface area contributed by atoms with Crippen molar-refractivity contribution in [3.8, 4) is 0 Å². The van der Waals surface area contributed by atoms with Crippen molar-refractivity contribution >= 4 is 36.0 Å². The summed E-state index contributed by atoms with van der Waals surface area (Å²) in [4.78, 5) is 74.3. The van der Waals surface area contributed by atoms with Crippen LogP contribution in [0.4, 0.5) is 0 Å². The van der Waals surface area contributed by atoms with Crippen LogP contribution in [0, 0.1) is 5.92 Å². The van der Waals surface area contributed by atoms with Crippen molar-refractivity contribution < 1.29 is 44.0 Å². The van der Waals surface area contributed by atoms with Gasteiger partial charge in [0.15, 0.2) is 0 Å². The smallest absolute Gasteiger partial charge is 0.333 e. The van der Waals surface area contributed by atoms with Gasteiger partial charge in [-0.25, -0.2) is 14.9 Å². The zero-order chi connectivity index (χ0) is 30.9. The summed E-state index contributed by atoms with van der Waals surface area (Å²) in [5.74, 6) is -2.99. The van der Waals surface area contributed by atoms with Crippen LogP contribution < -0.4 is 21.8 Å². The number of carbonyl (C=O) groups excluding carboxylic acids is 6. The molecule has 0 spiro atoms. The second-order valence-electron chi connectivity index (χ2n) is 9.67. The first-order valence-electron chi connectivity index (χ1n) is 14.2. The lowest BCUT2D eigenvalue weighted by molar-refractivity contribution is -0.166. The molecule has 0 aromatic rings. The highest BCUT2D eigenvalue weighted by Crippen LogP contribution is 2.15. The van der Waals surface area contributed by atoms with Gasteiger partial charge in [0.1, 0.15) is 0 Å². The molecule has 15 nitrogen and oxygen atoms in total. The lowest BCUT2D eigenvalue weighted by Crippen LogP contribution is -2.34. The maximum atomic E-state index is 12.6. The number of unbranched alkanes of at least 4 members (excludes halogenated alkanes) is 6. The van der Waals surface area contributed by atoms with E-state index < -0.39 is 23.7 Å². The maximum Gasteiger partial charge on any atom is 0.333 e. The van der Waals surface area contributed by atoms with Gasteiger partial charge in [-0.3, -0.25) is 34.4 Å². The molecule has 236 valence electrons. The van der Waals surface area contributed by atoms with Gasteiger partial charge < -0.3 is 21.2 Å². The normalized spacial score (nSPS) is 11.2. The highest BCUT2D eigenvalue weighted by molar-refractivity contribution is 5.84. The molecule has 0 aliphatic rings. The van der Waals surface area contributed by atoms with Gasteiger partial charge in [0, 0.05) is 51.9 Å². The predicted octanol–water partition coefficient (Wildman–Crippen LogP) is 0.525. The van der Waals surface area contributed by atoms with Gasteiger partial charge in [0.05, 0.1) is 6.42 Å². The van der Waals surface area contributed by atoms with Crippen LogP contribution in [-0.2, 0) is 33.6 Å². The van der Waals surface area contributed by atoms with E-state index in [1.807, 2.05) is 5.48 Å². The Kier molecular flexibility index (Phi) is 22.5. The molecular formula is C26H48N6O9. The van der Waals surface area contributed by atoms with E-state index in [1.54, 1.807) is 0 Å². The third-order valence-electron chi connectivity index (χ3n) is 6.19. The molecule has 0 fully saturated rings. The largest absolute Gasteiger partial charge is 0.356 e. The Morgan fingerprint density at radius 1 is 0.829 bits per heavy atom. The van der Waals surface area contributed by atoms with Crippen molar-refractivity contribution in [2.24, 2.45) is 11.7 Å². The zero-order valence-corrected chi connectivity index (χ0v) is 24.1. The molecule has 1 atom stereocenters. The van der Waals surface area contributed by atoms with Crippen molar-refractivity contribution in [2.45, 2.75) is 90.4 Å². The summed E-state index contributed by atoms with van der Waals surface area (Å²) < 4.78 is 0. The number of rotatable bonds is 25. The molecule has 0 heterocycles. The molecule has 0 aliphatic carbocycles. The maximum absolute atomic E-state index is 12.6. The third-order valence-corrected chi connectivity index (χ3v) is 6.19. The van der Waals surface area contributed by atoms with Crippen molar-refractivity contribution in [2.75, 3.05) is 32.7 Å². The number of hydrogen-bond donors (Lipinski definition) is 6. The van der Waals surface area contributed by atoms with E-state index in [9.17, 15) is 39.2 Å². The zero-order valence-electron chi connectivity index (χ0n) is 24.1. The predicted molar refractivity (Wildman–Crippen MR) is 147 cm³/mol. The highest BCUT2D eigenvalue weighted by atomic mass is 16.7. The minimum Gasteiger partial charge on any atom is -0.356 e. The van der Waals surface area contributed by atoms with Crippen molar-refractivity contribution in [1.82, 2.24) is 26.2 Å². The molecule has 0 saturated heterocycles. The number of hydrogen-bond acceptors (Lipinski definition) is 10. The van der Waals surface area contributed by atoms with Gasteiger partial charge in [-0.15, -0.1) is 0 Å². The summed E-state index contributed by atoms with van der Waals surface area (Å²) in [6.45, 7) is 2.97. The molecule has 0 rings (SSSR count). The van der Waals surface area contributed by atoms with E-state index in [1.165, 1.54) is 6.92 Å². The average molecular weight is 589 g/mol. The number of amides is 5. The summed E-state index contributed by atoms with van der Waals surface area (Å²) in [6.07, 6.45) is 6.28. The minimum absolute atomic E-state index is 0.0349. The molecule has 1 unspecified atom stereocenters. The van der Waals surface area contributed by atoms with E-state index >= 15 is 0 Å². The first-order valence-corrected chi connectivity index (χ1v) is 14.2. The Morgan fingerprint density at radius 2 is 1.44 bits per heavy atom. The quantitative estimate of drug-likeness (QED) is 0.0376. The number of hydroxylamine groups is 5. The number of carbonyl (C=O) groups is 6. The summed E-state index contributed by atoms with van der Waals surface area (Å²) in [5.41, 5.74) is 7.22. The van der Waals surface area contributed by atoms with E-state index in [0.29, 0.717) is 81.1 Å². The molecule has 0 aromatic carbocycles. The van der Waals surface area contributed by atoms with E-state index in [4.69, 9.17) is 5.73 Å². The molecule has 0 bridgehead atoms. The summed E-state index contributed by atoms with van der Waals surface area (Å²) >= 11 is 0. The van der Waals surface area contributed by atoms with Gasteiger partial charge in [0.2, 0.25) is 30.0 Å². The Hall–Kier alpha value is -3.30. The minimum atomic E-state index is -0.747. The van der Waals surface area contributed by atoms with E-state index in [0.717, 1.165) is 12.8 Å². The monoisotopic (exact) mass is 588 g/mol. The number of nitrogens with one attached hydrogen (secondary N) is 3. The molecule has 15 heteroatoms. The fourth-order valence-corrected chi connectivity index (χ4v) is 3.80. The summed E-state index contributed by atoms with van der Waals surface area (Å²) in [7, 11) is 0. The van der Waals surface area contributed by atoms with Crippen molar-refractivity contribution in [3.05, 3.63) is 0 Å². The van der Waals surface area contributed by atoms with Gasteiger partial charge in [-0.2, -0.15) is 5.48 Å². The Labute approximate surface area is 241 Å². The first-order chi connectivity index (χ1) is 19.6. The van der Waals surface area contributed by atoms with Crippen LogP contribution in [0.25, 0.3) is 0 Å². The third kappa shape index (κ3) is 21.2. The van der Waals surface area contributed by atoms with Crippen molar-refractivity contribution in [1.29, 1.82) is 0 Å². The number of nitrogens with two attached hydrogens (primary N) is 1. The lowest BCUT2D eigenvalue weighted by Gasteiger charge is -2.16. The SMILES string of the molecule is CC(=O)N(O)CCCCCNC(=O)C(CCCCCNC(=O)CCC(=O)N(O)CCCCCN)CC(=O)ONC=O. The molecule has 0 aromatic heterocycles. The Morgan fingerprint density at radius 3 is 2.07 bits per heavy atom. The van der Waals surface area contributed by atoms with Gasteiger partial charge in [-0.1, -0.05) is 19.3 Å². The van der Waals surface area contributed by atoms with Crippen LogP contribution in [0.2, 0.25) is 0 Å². The molecule has 41 heavy (non-hydrogen) atoms. The topological polar surface area (TPSA) is 221 Å². The molecule has 0 saturated carbocycles. The highest BCUT2D eigenvalue weighted by Gasteiger charge is 2.22. The van der Waals surface area contributed by atoms with Gasteiger partial charge in [-0.05, 0) is 51.5 Å². The van der Waals surface area contributed by atoms with Crippen LogP contribution >= 0.6 is 0 Å². The second kappa shape index (κ2) is 24.5. The second-order valence-corrected chi connectivity index (χ2v) is 9.67. The lowest BCUT2D eigenvalue weighted by atomic mass is 9.96. The molecule has 0 aliphatic heterocycles. The van der Waals surface area contributed by atoms with Crippen LogP contribution in [0.3, 0.4) is 0 Å². The Bertz CT molecular complexity index is 799. The standard InChI is InChI=1S/C26H48N6O9/c1-21(34)31(39)17-10-4-8-16-29-26(38)22(19-25(37)41-30-20-33)11-5-2-7-15-28-23(35)12-13-24(36)32(40)18-9-3-6-14-27/h20,22,39-40H,2-19,27H2,1H3,(H,28,35)(H,29,38)(H,30,33). The molecular weight excluding hydrogens is 540 g/mol. The van der Waals surface area contributed by atoms with Gasteiger partial charge >= 0.3 is 5.97 Å². The van der Waals surface area contributed by atoms with E-state index in [2.05, 4.69) is 15.5 Å². The van der Waals surface area contributed by atoms with Crippen LogP contribution in [0.15, 0.2) is 0 Å². The fraction of sp³-hybridized carbons (Fsp3) is 0.769. The van der Waals surface area contributed by atoms with Gasteiger partial charge in [0.25, 0.3) is 0 Å². The van der Waals surface area contributed by atoms with Crippen LogP contribution in [0.1, 0.15) is 90.4 Å². The average Bonchev–Trinajstić information content (AvgIpc) is 2.95. The van der Waals surface area contributed by atoms with Crippen molar-refractivity contribution in [3.63, 3.8) is 0 Å². The van der Waals surface area contributed by atoms with E-state index in [-0.39, 0.29) is 50.6 Å². The molecule has 0 radical (unpaired) electrons.